The van der Waals surface area contributed by atoms with Gasteiger partial charge in [0.05, 0.1) is 0 Å². The maximum Gasteiger partial charge on any atom is 0.407 e. The molecule has 0 unspecified atom stereocenters. The molecule has 1 aromatic carbocycles. The van der Waals surface area contributed by atoms with Crippen molar-refractivity contribution >= 4 is 27.7 Å². The van der Waals surface area contributed by atoms with Gasteiger partial charge in [0.25, 0.3) is 0 Å². The molecule has 1 aliphatic carbocycles. The molecule has 0 aliphatic heterocycles. The molecule has 0 radical (unpaired) electrons. The van der Waals surface area contributed by atoms with Crippen molar-refractivity contribution in [3.8, 4) is 0 Å². The van der Waals surface area contributed by atoms with Crippen LogP contribution in [0.4, 0.5) is 10.5 Å². The quantitative estimate of drug-likeness (QED) is 0.853. The van der Waals surface area contributed by atoms with Crippen molar-refractivity contribution in [3.05, 3.63) is 28.2 Å². The number of anilines is 1. The zero-order chi connectivity index (χ0) is 15.6. The Labute approximate surface area is 134 Å². The van der Waals surface area contributed by atoms with Crippen LogP contribution in [0, 0.1) is 6.92 Å². The second kappa shape index (κ2) is 6.26. The lowest BCUT2D eigenvalue weighted by Crippen LogP contribution is -2.50. The largest absolute Gasteiger partial charge is 0.444 e. The number of carbonyl (C=O) groups is 1. The van der Waals surface area contributed by atoms with Crippen molar-refractivity contribution in [1.29, 1.82) is 0 Å². The fraction of sp³-hybridized carbons (Fsp3) is 0.562. The molecule has 0 heterocycles. The van der Waals surface area contributed by atoms with E-state index in [9.17, 15) is 4.79 Å². The summed E-state index contributed by atoms with van der Waals surface area (Å²) in [5.41, 5.74) is 1.88. The highest BCUT2D eigenvalue weighted by Crippen LogP contribution is 2.27. The molecule has 1 aromatic rings. The second-order valence-corrected chi connectivity index (χ2v) is 7.47. The number of hydrogen-bond donors (Lipinski definition) is 2. The third-order valence-corrected chi connectivity index (χ3v) is 4.26. The van der Waals surface area contributed by atoms with Crippen LogP contribution in [-0.4, -0.2) is 23.8 Å². The van der Waals surface area contributed by atoms with Gasteiger partial charge < -0.3 is 15.4 Å². The molecule has 2 rings (SSSR count). The molecule has 2 N–H and O–H groups in total. The first-order valence-corrected chi connectivity index (χ1v) is 8.04. The lowest BCUT2D eigenvalue weighted by Gasteiger charge is -2.37. The first-order valence-electron chi connectivity index (χ1n) is 7.25. The predicted octanol–water partition coefficient (Wildman–Crippen LogP) is 4.23. The van der Waals surface area contributed by atoms with Gasteiger partial charge >= 0.3 is 6.09 Å². The van der Waals surface area contributed by atoms with Crippen molar-refractivity contribution < 1.29 is 9.53 Å². The van der Waals surface area contributed by atoms with Crippen molar-refractivity contribution in [2.24, 2.45) is 0 Å². The maximum absolute atomic E-state index is 11.6. The van der Waals surface area contributed by atoms with Crippen molar-refractivity contribution in [1.82, 2.24) is 5.32 Å². The molecule has 0 bridgehead atoms. The summed E-state index contributed by atoms with van der Waals surface area (Å²) in [6.45, 7) is 7.67. The molecule has 1 saturated carbocycles. The van der Waals surface area contributed by atoms with E-state index in [2.05, 4.69) is 51.7 Å². The highest BCUT2D eigenvalue weighted by Gasteiger charge is 2.31. The lowest BCUT2D eigenvalue weighted by molar-refractivity contribution is 0.0475. The molecule has 5 heteroatoms. The van der Waals surface area contributed by atoms with E-state index in [0.717, 1.165) is 23.0 Å². The highest BCUT2D eigenvalue weighted by atomic mass is 79.9. The van der Waals surface area contributed by atoms with Gasteiger partial charge in [-0.3, -0.25) is 0 Å². The van der Waals surface area contributed by atoms with Gasteiger partial charge in [-0.05, 0) is 58.2 Å². The average Bonchev–Trinajstić information content (AvgIpc) is 2.28. The van der Waals surface area contributed by atoms with E-state index in [1.165, 1.54) is 5.56 Å². The molecule has 4 nitrogen and oxygen atoms in total. The Hall–Kier alpha value is -1.23. The minimum absolute atomic E-state index is 0.200. The number of ether oxygens (including phenoxy) is 1. The van der Waals surface area contributed by atoms with E-state index in [1.807, 2.05) is 20.8 Å². The van der Waals surface area contributed by atoms with E-state index in [1.54, 1.807) is 0 Å². The predicted molar refractivity (Wildman–Crippen MR) is 88.7 cm³/mol. The van der Waals surface area contributed by atoms with Gasteiger partial charge in [0.1, 0.15) is 5.60 Å². The summed E-state index contributed by atoms with van der Waals surface area (Å²) >= 11 is 3.53. The van der Waals surface area contributed by atoms with Crippen LogP contribution in [0.25, 0.3) is 0 Å². The van der Waals surface area contributed by atoms with Crippen LogP contribution in [-0.2, 0) is 4.74 Å². The normalized spacial score (nSPS) is 21.4. The highest BCUT2D eigenvalue weighted by molar-refractivity contribution is 9.10. The summed E-state index contributed by atoms with van der Waals surface area (Å²) in [7, 11) is 0. The van der Waals surface area contributed by atoms with Crippen LogP contribution in [0.15, 0.2) is 22.7 Å². The van der Waals surface area contributed by atoms with E-state index in [0.29, 0.717) is 6.04 Å². The second-order valence-electron chi connectivity index (χ2n) is 6.62. The zero-order valence-corrected chi connectivity index (χ0v) is 14.6. The van der Waals surface area contributed by atoms with Crippen molar-refractivity contribution in [2.45, 2.75) is 58.2 Å². The number of carbonyl (C=O) groups excluding carboxylic acids is 1. The molecule has 1 amide bonds. The van der Waals surface area contributed by atoms with Gasteiger partial charge in [-0.1, -0.05) is 22.0 Å². The standard InChI is InChI=1S/C16H23BrN2O2/c1-10-5-6-11(9-14(10)17)18-12-7-13(8-12)19-15(20)21-16(2,3)4/h5-6,9,12-13,18H,7-8H2,1-4H3,(H,19,20). The number of halogens is 1. The Morgan fingerprint density at radius 3 is 2.52 bits per heavy atom. The number of alkyl carbamates (subject to hydrolysis) is 1. The number of aryl methyl sites for hydroxylation is 1. The summed E-state index contributed by atoms with van der Waals surface area (Å²) in [6, 6.07) is 6.85. The van der Waals surface area contributed by atoms with Gasteiger partial charge in [-0.25, -0.2) is 4.79 Å². The van der Waals surface area contributed by atoms with Gasteiger partial charge in [0.2, 0.25) is 0 Å². The van der Waals surface area contributed by atoms with Crippen LogP contribution >= 0.6 is 15.9 Å². The minimum Gasteiger partial charge on any atom is -0.444 e. The Morgan fingerprint density at radius 1 is 1.29 bits per heavy atom. The Kier molecular flexibility index (Phi) is 4.81. The van der Waals surface area contributed by atoms with E-state index in [4.69, 9.17) is 4.74 Å². The van der Waals surface area contributed by atoms with Gasteiger partial charge in [-0.15, -0.1) is 0 Å². The number of nitrogens with one attached hydrogen (secondary N) is 2. The average molecular weight is 355 g/mol. The fourth-order valence-corrected chi connectivity index (χ4v) is 2.62. The van der Waals surface area contributed by atoms with Gasteiger partial charge in [0, 0.05) is 22.2 Å². The molecule has 1 aliphatic rings. The first-order chi connectivity index (χ1) is 9.73. The summed E-state index contributed by atoms with van der Waals surface area (Å²) in [6.07, 6.45) is 1.51. The Bertz CT molecular complexity index is 519. The molecule has 0 aromatic heterocycles. The smallest absolute Gasteiger partial charge is 0.407 e. The molecule has 0 atom stereocenters. The molecule has 0 saturated heterocycles. The van der Waals surface area contributed by atoms with Crippen LogP contribution in [0.2, 0.25) is 0 Å². The monoisotopic (exact) mass is 354 g/mol. The fourth-order valence-electron chi connectivity index (χ4n) is 2.25. The van der Waals surface area contributed by atoms with Crippen LogP contribution in [0.3, 0.4) is 0 Å². The topological polar surface area (TPSA) is 50.4 Å². The lowest BCUT2D eigenvalue weighted by atomic mass is 9.86. The third kappa shape index (κ3) is 4.92. The van der Waals surface area contributed by atoms with E-state index >= 15 is 0 Å². The van der Waals surface area contributed by atoms with Crippen molar-refractivity contribution in [3.63, 3.8) is 0 Å². The zero-order valence-electron chi connectivity index (χ0n) is 13.0. The summed E-state index contributed by atoms with van der Waals surface area (Å²) in [5, 5.41) is 6.37. The van der Waals surface area contributed by atoms with Gasteiger partial charge in [-0.2, -0.15) is 0 Å². The Morgan fingerprint density at radius 2 is 1.95 bits per heavy atom. The van der Waals surface area contributed by atoms with Gasteiger partial charge in [0.15, 0.2) is 0 Å². The molecular formula is C16H23BrN2O2. The molecule has 21 heavy (non-hydrogen) atoms. The summed E-state index contributed by atoms with van der Waals surface area (Å²) in [4.78, 5) is 11.6. The molecule has 116 valence electrons. The third-order valence-electron chi connectivity index (χ3n) is 3.40. The number of rotatable bonds is 3. The van der Waals surface area contributed by atoms with Crippen LogP contribution < -0.4 is 10.6 Å². The minimum atomic E-state index is -0.445. The SMILES string of the molecule is Cc1ccc(NC2CC(NC(=O)OC(C)(C)C)C2)cc1Br. The van der Waals surface area contributed by atoms with Crippen LogP contribution in [0.5, 0.6) is 0 Å². The van der Waals surface area contributed by atoms with E-state index in [-0.39, 0.29) is 12.1 Å². The summed E-state index contributed by atoms with van der Waals surface area (Å²) < 4.78 is 6.36. The van der Waals surface area contributed by atoms with Crippen LogP contribution in [0.1, 0.15) is 39.2 Å². The Balaban J connectivity index is 1.74. The molecular weight excluding hydrogens is 332 g/mol. The summed E-state index contributed by atoms with van der Waals surface area (Å²) in [5.74, 6) is 0. The molecule has 0 spiro atoms. The first kappa shape index (κ1) is 16.1. The number of benzene rings is 1. The number of hydrogen-bond acceptors (Lipinski definition) is 3. The maximum atomic E-state index is 11.6. The molecule has 1 fully saturated rings. The van der Waals surface area contributed by atoms with Crippen molar-refractivity contribution in [2.75, 3.05) is 5.32 Å². The van der Waals surface area contributed by atoms with E-state index < -0.39 is 5.60 Å². The number of amides is 1.